The topological polar surface area (TPSA) is 73.6 Å². The van der Waals surface area contributed by atoms with E-state index in [0.29, 0.717) is 46.7 Å². The van der Waals surface area contributed by atoms with Gasteiger partial charge in [0.05, 0.1) is 24.6 Å². The van der Waals surface area contributed by atoms with Crippen LogP contribution in [-0.4, -0.2) is 19.1 Å². The van der Waals surface area contributed by atoms with Crippen LogP contribution in [0.3, 0.4) is 0 Å². The average Bonchev–Trinajstić information content (AvgIpc) is 2.52. The van der Waals surface area contributed by atoms with Crippen molar-refractivity contribution in [2.75, 3.05) is 24.3 Å². The van der Waals surface area contributed by atoms with Crippen LogP contribution in [0.4, 0.5) is 11.4 Å². The SMILES string of the molecule is CCOc1cc(NC(=O)c2ccc(Cl)cc2)c(OCC)cc1N. The van der Waals surface area contributed by atoms with Crippen molar-refractivity contribution in [1.82, 2.24) is 0 Å². The second-order valence-corrected chi connectivity index (χ2v) is 5.15. The summed E-state index contributed by atoms with van der Waals surface area (Å²) >= 11 is 5.83. The van der Waals surface area contributed by atoms with Gasteiger partial charge in [-0.3, -0.25) is 4.79 Å². The van der Waals surface area contributed by atoms with E-state index in [1.165, 1.54) is 0 Å². The lowest BCUT2D eigenvalue weighted by Gasteiger charge is -2.15. The van der Waals surface area contributed by atoms with E-state index in [9.17, 15) is 4.79 Å². The summed E-state index contributed by atoms with van der Waals surface area (Å²) in [5, 5.41) is 3.39. The van der Waals surface area contributed by atoms with Crippen molar-refractivity contribution in [2.45, 2.75) is 13.8 Å². The number of halogens is 1. The molecule has 1 amide bonds. The predicted octanol–water partition coefficient (Wildman–Crippen LogP) is 3.97. The third-order valence-electron chi connectivity index (χ3n) is 3.07. The number of ether oxygens (including phenoxy) is 2. The molecule has 5 nitrogen and oxygen atoms in total. The van der Waals surface area contributed by atoms with E-state index in [0.717, 1.165) is 0 Å². The first kappa shape index (κ1) is 17.0. The molecule has 122 valence electrons. The Kier molecular flexibility index (Phi) is 5.71. The molecule has 0 saturated heterocycles. The molecular formula is C17H19ClN2O3. The molecule has 6 heteroatoms. The van der Waals surface area contributed by atoms with Crippen LogP contribution in [0.15, 0.2) is 36.4 Å². The number of carbonyl (C=O) groups excluding carboxylic acids is 1. The van der Waals surface area contributed by atoms with Crippen LogP contribution in [0, 0.1) is 0 Å². The zero-order valence-corrected chi connectivity index (χ0v) is 13.8. The minimum Gasteiger partial charge on any atom is -0.492 e. The van der Waals surface area contributed by atoms with Gasteiger partial charge in [-0.2, -0.15) is 0 Å². The summed E-state index contributed by atoms with van der Waals surface area (Å²) in [6.45, 7) is 4.65. The Morgan fingerprint density at radius 2 is 1.70 bits per heavy atom. The molecule has 0 aliphatic rings. The summed E-state index contributed by atoms with van der Waals surface area (Å²) in [5.41, 5.74) is 7.39. The molecule has 0 aliphatic heterocycles. The average molecular weight is 335 g/mol. The maximum atomic E-state index is 12.4. The van der Waals surface area contributed by atoms with Crippen molar-refractivity contribution in [2.24, 2.45) is 0 Å². The van der Waals surface area contributed by atoms with Crippen molar-refractivity contribution < 1.29 is 14.3 Å². The third kappa shape index (κ3) is 4.29. The van der Waals surface area contributed by atoms with Gasteiger partial charge in [0.1, 0.15) is 11.5 Å². The summed E-state index contributed by atoms with van der Waals surface area (Å²) in [6.07, 6.45) is 0. The smallest absolute Gasteiger partial charge is 0.255 e. The third-order valence-corrected chi connectivity index (χ3v) is 3.32. The number of nitrogens with one attached hydrogen (secondary N) is 1. The van der Waals surface area contributed by atoms with Crippen LogP contribution in [0.5, 0.6) is 11.5 Å². The van der Waals surface area contributed by atoms with Crippen LogP contribution in [-0.2, 0) is 0 Å². The van der Waals surface area contributed by atoms with Crippen LogP contribution < -0.4 is 20.5 Å². The molecule has 0 bridgehead atoms. The molecule has 0 aromatic heterocycles. The molecule has 2 aromatic rings. The van der Waals surface area contributed by atoms with Gasteiger partial charge in [-0.05, 0) is 38.1 Å². The van der Waals surface area contributed by atoms with Crippen molar-refractivity contribution in [3.05, 3.63) is 47.0 Å². The first-order valence-electron chi connectivity index (χ1n) is 7.31. The number of anilines is 2. The summed E-state index contributed by atoms with van der Waals surface area (Å²) < 4.78 is 11.0. The largest absolute Gasteiger partial charge is 0.492 e. The second kappa shape index (κ2) is 7.74. The van der Waals surface area contributed by atoms with Crippen LogP contribution in [0.25, 0.3) is 0 Å². The zero-order valence-electron chi connectivity index (χ0n) is 13.1. The van der Waals surface area contributed by atoms with E-state index in [-0.39, 0.29) is 5.91 Å². The number of hydrogen-bond donors (Lipinski definition) is 2. The normalized spacial score (nSPS) is 10.2. The highest BCUT2D eigenvalue weighted by Crippen LogP contribution is 2.35. The van der Waals surface area contributed by atoms with Crippen molar-refractivity contribution in [1.29, 1.82) is 0 Å². The maximum Gasteiger partial charge on any atom is 0.255 e. The highest BCUT2D eigenvalue weighted by atomic mass is 35.5. The molecule has 0 fully saturated rings. The van der Waals surface area contributed by atoms with E-state index < -0.39 is 0 Å². The number of carbonyl (C=O) groups is 1. The van der Waals surface area contributed by atoms with Gasteiger partial charge in [-0.25, -0.2) is 0 Å². The predicted molar refractivity (Wildman–Crippen MR) is 92.6 cm³/mol. The molecule has 2 rings (SSSR count). The Hall–Kier alpha value is -2.40. The van der Waals surface area contributed by atoms with Gasteiger partial charge < -0.3 is 20.5 Å². The number of nitrogens with two attached hydrogens (primary N) is 1. The molecule has 2 aromatic carbocycles. The van der Waals surface area contributed by atoms with Crippen molar-refractivity contribution in [3.8, 4) is 11.5 Å². The van der Waals surface area contributed by atoms with E-state index in [1.807, 2.05) is 13.8 Å². The zero-order chi connectivity index (χ0) is 16.8. The maximum absolute atomic E-state index is 12.4. The number of rotatable bonds is 6. The molecular weight excluding hydrogens is 316 g/mol. The lowest BCUT2D eigenvalue weighted by atomic mass is 10.2. The summed E-state index contributed by atoms with van der Waals surface area (Å²) in [5.74, 6) is 0.730. The lowest BCUT2D eigenvalue weighted by Crippen LogP contribution is -2.13. The Morgan fingerprint density at radius 1 is 1.09 bits per heavy atom. The van der Waals surface area contributed by atoms with Crippen LogP contribution >= 0.6 is 11.6 Å². The molecule has 23 heavy (non-hydrogen) atoms. The summed E-state index contributed by atoms with van der Waals surface area (Å²) in [6, 6.07) is 9.93. The fourth-order valence-corrected chi connectivity index (χ4v) is 2.15. The summed E-state index contributed by atoms with van der Waals surface area (Å²) in [4.78, 5) is 12.4. The molecule has 0 heterocycles. The van der Waals surface area contributed by atoms with E-state index in [1.54, 1.807) is 36.4 Å². The van der Waals surface area contributed by atoms with Crippen LogP contribution in [0.2, 0.25) is 5.02 Å². The second-order valence-electron chi connectivity index (χ2n) is 4.71. The minimum absolute atomic E-state index is 0.269. The monoisotopic (exact) mass is 334 g/mol. The standard InChI is InChI=1S/C17H19ClN2O3/c1-3-22-15-10-14(16(23-4-2)9-13(15)19)20-17(21)11-5-7-12(18)8-6-11/h5-10H,3-4,19H2,1-2H3,(H,20,21). The molecule has 3 N–H and O–H groups in total. The Labute approximate surface area is 140 Å². The number of benzene rings is 2. The quantitative estimate of drug-likeness (QED) is 0.784. The molecule has 0 aliphatic carbocycles. The van der Waals surface area contributed by atoms with Crippen molar-refractivity contribution in [3.63, 3.8) is 0 Å². The van der Waals surface area contributed by atoms with E-state index >= 15 is 0 Å². The first-order valence-corrected chi connectivity index (χ1v) is 7.69. The summed E-state index contributed by atoms with van der Waals surface area (Å²) in [7, 11) is 0. The number of amides is 1. The first-order chi connectivity index (χ1) is 11.0. The van der Waals surface area contributed by atoms with Gasteiger partial charge in [-0.15, -0.1) is 0 Å². The number of nitrogen functional groups attached to an aromatic ring is 1. The van der Waals surface area contributed by atoms with Gasteiger partial charge in [0.25, 0.3) is 5.91 Å². The molecule has 0 radical (unpaired) electrons. The molecule has 0 atom stereocenters. The van der Waals surface area contributed by atoms with Crippen molar-refractivity contribution >= 4 is 28.9 Å². The fraction of sp³-hybridized carbons (Fsp3) is 0.235. The van der Waals surface area contributed by atoms with Gasteiger partial charge in [0.2, 0.25) is 0 Å². The fourth-order valence-electron chi connectivity index (χ4n) is 2.02. The Bertz CT molecular complexity index is 687. The Balaban J connectivity index is 2.30. The van der Waals surface area contributed by atoms with Gasteiger partial charge >= 0.3 is 0 Å². The van der Waals surface area contributed by atoms with Crippen LogP contribution in [0.1, 0.15) is 24.2 Å². The molecule has 0 spiro atoms. The number of hydrogen-bond acceptors (Lipinski definition) is 4. The highest BCUT2D eigenvalue weighted by molar-refractivity contribution is 6.30. The highest BCUT2D eigenvalue weighted by Gasteiger charge is 2.14. The Morgan fingerprint density at radius 3 is 2.30 bits per heavy atom. The van der Waals surface area contributed by atoms with E-state index in [4.69, 9.17) is 26.8 Å². The van der Waals surface area contributed by atoms with Gasteiger partial charge in [0.15, 0.2) is 0 Å². The lowest BCUT2D eigenvalue weighted by molar-refractivity contribution is 0.102. The minimum atomic E-state index is -0.269. The molecule has 0 saturated carbocycles. The molecule has 0 unspecified atom stereocenters. The van der Waals surface area contributed by atoms with E-state index in [2.05, 4.69) is 5.32 Å². The van der Waals surface area contributed by atoms with Gasteiger partial charge in [0, 0.05) is 22.7 Å². The van der Waals surface area contributed by atoms with Gasteiger partial charge in [-0.1, -0.05) is 11.6 Å².